The van der Waals surface area contributed by atoms with Crippen LogP contribution in [-0.4, -0.2) is 57.3 Å². The van der Waals surface area contributed by atoms with Crippen molar-refractivity contribution in [2.24, 2.45) is 0 Å². The molecular weight excluding hydrogens is 490 g/mol. The van der Waals surface area contributed by atoms with Crippen LogP contribution < -0.4 is 0 Å². The van der Waals surface area contributed by atoms with Crippen molar-refractivity contribution in [1.29, 1.82) is 0 Å². The summed E-state index contributed by atoms with van der Waals surface area (Å²) in [5.74, 6) is 0. The van der Waals surface area contributed by atoms with Crippen molar-refractivity contribution in [3.63, 3.8) is 0 Å². The average Bonchev–Trinajstić information content (AvgIpc) is 2.87. The minimum absolute atomic E-state index is 0. The largest absolute Gasteiger partial charge is 0.307 e. The Hall–Kier alpha value is 0.389. The third-order valence-corrected chi connectivity index (χ3v) is 10.7. The van der Waals surface area contributed by atoms with E-state index in [1.54, 1.807) is 37.0 Å². The first kappa shape index (κ1) is 46.7. The van der Waals surface area contributed by atoms with E-state index in [0.29, 0.717) is 15.8 Å². The van der Waals surface area contributed by atoms with E-state index in [0.717, 1.165) is 0 Å². The summed E-state index contributed by atoms with van der Waals surface area (Å²) in [6, 6.07) is 0. The zero-order valence-corrected chi connectivity index (χ0v) is 26.2. The summed E-state index contributed by atoms with van der Waals surface area (Å²) >= 11 is 0. The van der Waals surface area contributed by atoms with Gasteiger partial charge in [0.25, 0.3) is 0 Å². The molecule has 0 N–H and O–H groups in total. The molecule has 6 heteroatoms. The third kappa shape index (κ3) is 50.3. The maximum absolute atomic E-state index is 8.00. The maximum atomic E-state index is 8.00. The summed E-state index contributed by atoms with van der Waals surface area (Å²) in [6.07, 6.45) is 26.4. The van der Waals surface area contributed by atoms with Gasteiger partial charge >= 0.3 is 0 Å². The van der Waals surface area contributed by atoms with Crippen LogP contribution in [0.3, 0.4) is 0 Å². The van der Waals surface area contributed by atoms with Crippen molar-refractivity contribution in [3.05, 3.63) is 0 Å². The number of rotatable bonds is 18. The SMILES string of the molecule is C=O.C=O.C=O.CCCCP(CCCC)CCCC.CCCCP(CCCC)CCCC.[Fe]. The summed E-state index contributed by atoms with van der Waals surface area (Å²) in [5.41, 5.74) is 0. The molecule has 0 aliphatic heterocycles. The molecule has 0 spiro atoms. The van der Waals surface area contributed by atoms with Gasteiger partial charge in [-0.05, 0) is 75.5 Å². The average molecular weight is 551 g/mol. The van der Waals surface area contributed by atoms with E-state index >= 15 is 0 Å². The second kappa shape index (κ2) is 53.6. The maximum Gasteiger partial charge on any atom is 0.106 e. The number of carbonyl (C=O) groups excluding carboxylic acids is 3. The Balaban J connectivity index is -0.0000000875. The van der Waals surface area contributed by atoms with Gasteiger partial charge in [0.1, 0.15) is 20.4 Å². The van der Waals surface area contributed by atoms with E-state index in [2.05, 4.69) is 41.5 Å². The van der Waals surface area contributed by atoms with Crippen LogP contribution in [0.4, 0.5) is 0 Å². The predicted molar refractivity (Wildman–Crippen MR) is 154 cm³/mol. The summed E-state index contributed by atoms with van der Waals surface area (Å²) in [4.78, 5) is 24.0. The van der Waals surface area contributed by atoms with Crippen LogP contribution in [0.2, 0.25) is 0 Å². The standard InChI is InChI=1S/2C12H27P.3CH2O.Fe/c2*1-4-7-10-13(11-8-5-2)12-9-6-3;3*1-2;/h2*4-12H2,1-3H3;3*1H2;. The van der Waals surface area contributed by atoms with E-state index in [1.807, 2.05) is 20.4 Å². The number of unbranched alkanes of at least 4 members (excludes halogenated alkanes) is 6. The van der Waals surface area contributed by atoms with E-state index in [9.17, 15) is 0 Å². The molecule has 0 aromatic carbocycles. The molecule has 0 amide bonds. The summed E-state index contributed by atoms with van der Waals surface area (Å²) in [5, 5.41) is 0. The van der Waals surface area contributed by atoms with Crippen molar-refractivity contribution in [3.8, 4) is 0 Å². The molecule has 0 bridgehead atoms. The van der Waals surface area contributed by atoms with Gasteiger partial charge in [-0.25, -0.2) is 0 Å². The quantitative estimate of drug-likeness (QED) is 0.126. The minimum Gasteiger partial charge on any atom is -0.307 e. The zero-order valence-electron chi connectivity index (χ0n) is 23.3. The minimum atomic E-state index is 0. The van der Waals surface area contributed by atoms with Crippen LogP contribution in [0.25, 0.3) is 0 Å². The van der Waals surface area contributed by atoms with E-state index < -0.39 is 0 Å². The Labute approximate surface area is 222 Å². The monoisotopic (exact) mass is 550 g/mol. The van der Waals surface area contributed by atoms with E-state index in [4.69, 9.17) is 14.4 Å². The molecule has 0 saturated carbocycles. The molecule has 0 rings (SSSR count). The predicted octanol–water partition coefficient (Wildman–Crippen LogP) is 9.18. The van der Waals surface area contributed by atoms with Crippen LogP contribution in [0.5, 0.6) is 0 Å². The molecule has 0 atom stereocenters. The molecule has 204 valence electrons. The smallest absolute Gasteiger partial charge is 0.106 e. The fraction of sp³-hybridized carbons (Fsp3) is 0.889. The van der Waals surface area contributed by atoms with Gasteiger partial charge in [0.05, 0.1) is 0 Å². The van der Waals surface area contributed by atoms with E-state index in [-0.39, 0.29) is 17.1 Å². The Morgan fingerprint density at radius 2 is 0.485 bits per heavy atom. The summed E-state index contributed by atoms with van der Waals surface area (Å²) in [6.45, 7) is 19.9. The van der Waals surface area contributed by atoms with Gasteiger partial charge in [-0.1, -0.05) is 80.1 Å². The van der Waals surface area contributed by atoms with Gasteiger partial charge in [0.15, 0.2) is 0 Å². The van der Waals surface area contributed by atoms with Gasteiger partial charge in [0.2, 0.25) is 0 Å². The second-order valence-corrected chi connectivity index (χ2v) is 13.2. The fourth-order valence-corrected chi connectivity index (χ4v) is 8.88. The fourth-order valence-electron chi connectivity index (χ4n) is 2.96. The van der Waals surface area contributed by atoms with Gasteiger partial charge in [-0.3, -0.25) is 0 Å². The molecule has 0 unspecified atom stereocenters. The summed E-state index contributed by atoms with van der Waals surface area (Å²) < 4.78 is 0. The van der Waals surface area contributed by atoms with Crippen LogP contribution in [0.15, 0.2) is 0 Å². The molecular formula is C27H60FeO3P2. The third-order valence-electron chi connectivity index (χ3n) is 4.97. The molecule has 0 aromatic heterocycles. The van der Waals surface area contributed by atoms with Gasteiger partial charge < -0.3 is 14.4 Å². The van der Waals surface area contributed by atoms with Gasteiger partial charge in [-0.15, -0.1) is 15.8 Å². The van der Waals surface area contributed by atoms with Crippen molar-refractivity contribution < 1.29 is 31.5 Å². The Kier molecular flexibility index (Phi) is 75.9. The second-order valence-electron chi connectivity index (χ2n) is 7.80. The zero-order chi connectivity index (χ0) is 25.9. The molecule has 0 heterocycles. The molecule has 0 fully saturated rings. The van der Waals surface area contributed by atoms with Crippen molar-refractivity contribution in [1.82, 2.24) is 0 Å². The molecule has 0 saturated heterocycles. The van der Waals surface area contributed by atoms with Crippen molar-refractivity contribution >= 4 is 36.2 Å². The molecule has 33 heavy (non-hydrogen) atoms. The van der Waals surface area contributed by atoms with Crippen LogP contribution >= 0.6 is 15.8 Å². The first-order valence-corrected chi connectivity index (χ1v) is 16.8. The molecule has 0 aliphatic carbocycles. The Morgan fingerprint density at radius 3 is 0.576 bits per heavy atom. The van der Waals surface area contributed by atoms with Gasteiger partial charge in [-0.2, -0.15) is 0 Å². The molecule has 0 radical (unpaired) electrons. The Morgan fingerprint density at radius 1 is 0.364 bits per heavy atom. The van der Waals surface area contributed by atoms with Gasteiger partial charge in [0, 0.05) is 17.1 Å². The number of hydrogen-bond donors (Lipinski definition) is 0. The van der Waals surface area contributed by atoms with Crippen molar-refractivity contribution in [2.75, 3.05) is 37.0 Å². The Bertz CT molecular complexity index is 221. The first-order valence-electron chi connectivity index (χ1n) is 13.0. The topological polar surface area (TPSA) is 51.2 Å². The van der Waals surface area contributed by atoms with Crippen LogP contribution in [0.1, 0.15) is 119 Å². The van der Waals surface area contributed by atoms with Crippen LogP contribution in [0, 0.1) is 0 Å². The molecule has 3 nitrogen and oxygen atoms in total. The molecule has 0 aliphatic rings. The normalized spacial score (nSPS) is 9.09. The molecule has 0 aromatic rings. The van der Waals surface area contributed by atoms with E-state index in [1.165, 1.54) is 77.0 Å². The number of carbonyl (C=O) groups is 3. The summed E-state index contributed by atoms with van der Waals surface area (Å²) in [7, 11) is 0.843. The first-order chi connectivity index (χ1) is 15.7. The van der Waals surface area contributed by atoms with Crippen LogP contribution in [-0.2, 0) is 31.5 Å². The van der Waals surface area contributed by atoms with Crippen molar-refractivity contribution in [2.45, 2.75) is 119 Å². The number of hydrogen-bond acceptors (Lipinski definition) is 3.